The van der Waals surface area contributed by atoms with Crippen LogP contribution >= 0.6 is 23.2 Å². The molecular formula is C18H20Cl2N2O2. The number of nitrogens with one attached hydrogen (secondary N) is 1. The normalized spacial score (nSPS) is 10.9. The average molecular weight is 367 g/mol. The second-order valence-corrected chi connectivity index (χ2v) is 5.75. The van der Waals surface area contributed by atoms with E-state index in [-0.39, 0.29) is 11.8 Å². The zero-order valence-electron chi connectivity index (χ0n) is 13.1. The van der Waals surface area contributed by atoms with Gasteiger partial charge in [0.25, 0.3) is 0 Å². The zero-order chi connectivity index (χ0) is 17.8. The third-order valence-electron chi connectivity index (χ3n) is 3.02. The Balaban J connectivity index is 0.000000240. The summed E-state index contributed by atoms with van der Waals surface area (Å²) in [7, 11) is 0. The highest BCUT2D eigenvalue weighted by molar-refractivity contribution is 6.30. The van der Waals surface area contributed by atoms with Crippen LogP contribution in [0.4, 0.5) is 0 Å². The molecule has 0 fully saturated rings. The van der Waals surface area contributed by atoms with Crippen LogP contribution in [0.2, 0.25) is 0 Å². The Morgan fingerprint density at radius 1 is 0.958 bits per heavy atom. The number of primary amides is 1. The highest BCUT2D eigenvalue weighted by Gasteiger charge is 2.10. The van der Waals surface area contributed by atoms with Gasteiger partial charge in [-0.2, -0.15) is 0 Å². The van der Waals surface area contributed by atoms with E-state index in [0.717, 1.165) is 11.1 Å². The molecule has 0 spiro atoms. The Labute approximate surface area is 152 Å². The minimum Gasteiger partial charge on any atom is -0.368 e. The molecule has 2 amide bonds. The summed E-state index contributed by atoms with van der Waals surface area (Å²) in [6.45, 7) is 0.548. The van der Waals surface area contributed by atoms with Gasteiger partial charge >= 0.3 is 0 Å². The van der Waals surface area contributed by atoms with Gasteiger partial charge in [-0.25, -0.2) is 0 Å². The van der Waals surface area contributed by atoms with Crippen LogP contribution in [0.1, 0.15) is 11.1 Å². The first-order valence-electron chi connectivity index (χ1n) is 7.36. The van der Waals surface area contributed by atoms with Gasteiger partial charge in [0.15, 0.2) is 0 Å². The summed E-state index contributed by atoms with van der Waals surface area (Å²) in [5.74, 6) is -0.589. The van der Waals surface area contributed by atoms with Gasteiger partial charge in [-0.15, -0.1) is 23.2 Å². The van der Waals surface area contributed by atoms with Gasteiger partial charge in [-0.1, -0.05) is 60.7 Å². The molecule has 0 aliphatic heterocycles. The molecule has 0 aliphatic carbocycles. The fourth-order valence-electron chi connectivity index (χ4n) is 1.77. The number of benzene rings is 2. The fourth-order valence-corrected chi connectivity index (χ4v) is 2.04. The summed E-state index contributed by atoms with van der Waals surface area (Å²) in [5, 5.41) is 2.07. The third kappa shape index (κ3) is 8.56. The van der Waals surface area contributed by atoms with Crippen molar-refractivity contribution in [2.24, 2.45) is 5.73 Å². The third-order valence-corrected chi connectivity index (χ3v) is 3.63. The lowest BCUT2D eigenvalue weighted by molar-refractivity contribution is -0.119. The second kappa shape index (κ2) is 11.5. The van der Waals surface area contributed by atoms with Gasteiger partial charge in [-0.05, 0) is 17.5 Å². The minimum atomic E-state index is -0.604. The van der Waals surface area contributed by atoms with Crippen molar-refractivity contribution in [3.8, 4) is 0 Å². The van der Waals surface area contributed by atoms with E-state index in [1.54, 1.807) is 0 Å². The van der Waals surface area contributed by atoms with E-state index in [1.165, 1.54) is 0 Å². The highest BCUT2D eigenvalue weighted by Crippen LogP contribution is 2.06. The summed E-state index contributed by atoms with van der Waals surface area (Å²) in [4.78, 5) is 21.3. The number of alkyl halides is 2. The van der Waals surface area contributed by atoms with E-state index in [9.17, 15) is 9.59 Å². The Hall–Kier alpha value is -2.04. The maximum Gasteiger partial charge on any atom is 0.235 e. The lowest BCUT2D eigenvalue weighted by atomic mass is 10.1. The summed E-state index contributed by atoms with van der Waals surface area (Å²) in [6.07, 6.45) is 0.498. The molecule has 128 valence electrons. The van der Waals surface area contributed by atoms with Crippen molar-refractivity contribution in [3.63, 3.8) is 0 Å². The predicted molar refractivity (Wildman–Crippen MR) is 98.0 cm³/mol. The molecule has 3 N–H and O–H groups in total. The van der Waals surface area contributed by atoms with Crippen LogP contribution in [-0.2, 0) is 22.6 Å². The number of rotatable bonds is 6. The van der Waals surface area contributed by atoms with Gasteiger partial charge in [0.1, 0.15) is 11.3 Å². The molecule has 0 aliphatic rings. The van der Waals surface area contributed by atoms with Gasteiger partial charge in [-0.3, -0.25) is 9.59 Å². The van der Waals surface area contributed by atoms with Crippen molar-refractivity contribution in [1.29, 1.82) is 0 Å². The first-order chi connectivity index (χ1) is 11.5. The minimum absolute atomic E-state index is 0.0207. The first kappa shape index (κ1) is 20.0. The predicted octanol–water partition coefficient (Wildman–Crippen LogP) is 2.86. The van der Waals surface area contributed by atoms with Crippen LogP contribution in [-0.4, -0.2) is 23.1 Å². The maximum atomic E-state index is 10.7. The number of carbonyl (C=O) groups excluding carboxylic acids is 2. The Morgan fingerprint density at radius 3 is 1.92 bits per heavy atom. The molecule has 0 heterocycles. The van der Waals surface area contributed by atoms with Crippen molar-refractivity contribution >= 4 is 35.0 Å². The number of carbonyl (C=O) groups is 2. The molecule has 6 heteroatoms. The summed E-state index contributed by atoms with van der Waals surface area (Å²) in [5.41, 5.74) is 7.12. The SMILES string of the molecule is NC(=O)C(Cl)Cc1ccccc1.O=C(CCl)NCc1ccccc1. The molecule has 1 atom stereocenters. The van der Waals surface area contributed by atoms with Gasteiger partial charge < -0.3 is 11.1 Å². The van der Waals surface area contributed by atoms with Crippen molar-refractivity contribution in [2.75, 3.05) is 5.88 Å². The molecule has 0 saturated heterocycles. The number of hydrogen-bond acceptors (Lipinski definition) is 2. The Bertz CT molecular complexity index is 619. The van der Waals surface area contributed by atoms with E-state index in [2.05, 4.69) is 5.32 Å². The summed E-state index contributed by atoms with van der Waals surface area (Å²) < 4.78 is 0. The van der Waals surface area contributed by atoms with Gasteiger partial charge in [0, 0.05) is 6.54 Å². The van der Waals surface area contributed by atoms with Crippen molar-refractivity contribution in [3.05, 3.63) is 71.8 Å². The summed E-state index contributed by atoms with van der Waals surface area (Å²) >= 11 is 11.0. The lowest BCUT2D eigenvalue weighted by Crippen LogP contribution is -2.25. The molecule has 24 heavy (non-hydrogen) atoms. The Kier molecular flexibility index (Phi) is 9.58. The topological polar surface area (TPSA) is 72.2 Å². The molecule has 0 bridgehead atoms. The van der Waals surface area contributed by atoms with Crippen molar-refractivity contribution < 1.29 is 9.59 Å². The fraction of sp³-hybridized carbons (Fsp3) is 0.222. The highest BCUT2D eigenvalue weighted by atomic mass is 35.5. The maximum absolute atomic E-state index is 10.7. The van der Waals surface area contributed by atoms with Crippen LogP contribution in [0.3, 0.4) is 0 Å². The molecule has 0 radical (unpaired) electrons. The van der Waals surface area contributed by atoms with Crippen molar-refractivity contribution in [1.82, 2.24) is 5.32 Å². The van der Waals surface area contributed by atoms with Crippen LogP contribution in [0.15, 0.2) is 60.7 Å². The molecule has 2 aromatic carbocycles. The van der Waals surface area contributed by atoms with E-state index in [0.29, 0.717) is 13.0 Å². The number of amides is 2. The molecule has 2 rings (SSSR count). The molecule has 4 nitrogen and oxygen atoms in total. The standard InChI is InChI=1S/2C9H10ClNO/c10-6-9(12)11-7-8-4-2-1-3-5-8;10-8(9(11)12)6-7-4-2-1-3-5-7/h1-5H,6-7H2,(H,11,12);1-5,8H,6H2,(H2,11,12). The van der Waals surface area contributed by atoms with E-state index in [1.807, 2.05) is 60.7 Å². The van der Waals surface area contributed by atoms with Crippen LogP contribution in [0.25, 0.3) is 0 Å². The number of hydrogen-bond donors (Lipinski definition) is 2. The van der Waals surface area contributed by atoms with E-state index < -0.39 is 11.3 Å². The summed E-state index contributed by atoms with van der Waals surface area (Å²) in [6, 6.07) is 19.3. The first-order valence-corrected chi connectivity index (χ1v) is 8.34. The van der Waals surface area contributed by atoms with Crippen molar-refractivity contribution in [2.45, 2.75) is 18.3 Å². The molecule has 0 aromatic heterocycles. The lowest BCUT2D eigenvalue weighted by Gasteiger charge is -2.03. The molecular weight excluding hydrogens is 347 g/mol. The number of halogens is 2. The van der Waals surface area contributed by atoms with E-state index in [4.69, 9.17) is 28.9 Å². The van der Waals surface area contributed by atoms with Gasteiger partial charge in [0.05, 0.1) is 0 Å². The molecule has 0 saturated carbocycles. The van der Waals surface area contributed by atoms with Crippen LogP contribution in [0, 0.1) is 0 Å². The Morgan fingerprint density at radius 2 is 1.46 bits per heavy atom. The number of nitrogens with two attached hydrogens (primary N) is 1. The molecule has 1 unspecified atom stereocenters. The van der Waals surface area contributed by atoms with E-state index >= 15 is 0 Å². The zero-order valence-corrected chi connectivity index (χ0v) is 14.6. The largest absolute Gasteiger partial charge is 0.368 e. The quantitative estimate of drug-likeness (QED) is 0.771. The average Bonchev–Trinajstić information content (AvgIpc) is 2.62. The molecule has 2 aromatic rings. The van der Waals surface area contributed by atoms with Crippen LogP contribution < -0.4 is 11.1 Å². The second-order valence-electron chi connectivity index (χ2n) is 4.96. The smallest absolute Gasteiger partial charge is 0.235 e. The monoisotopic (exact) mass is 366 g/mol. The van der Waals surface area contributed by atoms with Crippen LogP contribution in [0.5, 0.6) is 0 Å². The van der Waals surface area contributed by atoms with Gasteiger partial charge in [0.2, 0.25) is 11.8 Å².